The van der Waals surface area contributed by atoms with Crippen molar-refractivity contribution in [3.05, 3.63) is 107 Å². The number of rotatable bonds is 4. The first-order valence-corrected chi connectivity index (χ1v) is 10.5. The molecule has 0 aliphatic rings. The fraction of sp³-hybridized carbons (Fsp3) is 0.0370. The van der Waals surface area contributed by atoms with Crippen LogP contribution in [0.5, 0.6) is 0 Å². The van der Waals surface area contributed by atoms with E-state index in [1.807, 2.05) is 72.8 Å². The van der Waals surface area contributed by atoms with Gasteiger partial charge >= 0.3 is 0 Å². The number of anilines is 1. The molecule has 0 bridgehead atoms. The summed E-state index contributed by atoms with van der Waals surface area (Å²) in [5.41, 5.74) is 19.9. The zero-order valence-corrected chi connectivity index (χ0v) is 17.4. The molecule has 5 aromatic rings. The summed E-state index contributed by atoms with van der Waals surface area (Å²) in [6, 6.07) is 27.8. The second-order valence-electron chi connectivity index (χ2n) is 7.77. The second-order valence-corrected chi connectivity index (χ2v) is 7.77. The number of aromatic amines is 2. The van der Waals surface area contributed by atoms with Crippen LogP contribution in [0, 0.1) is 0 Å². The number of H-pyrrole nitrogens is 2. The summed E-state index contributed by atoms with van der Waals surface area (Å²) in [6.07, 6.45) is 1.74. The predicted molar refractivity (Wildman–Crippen MR) is 130 cm³/mol. The molecule has 0 aliphatic carbocycles. The first-order chi connectivity index (χ1) is 15.6. The van der Waals surface area contributed by atoms with Crippen LogP contribution in [-0.4, -0.2) is 4.98 Å². The largest absolute Gasteiger partial charge is 0.399 e. The average molecular weight is 420 g/mol. The molecule has 0 atom stereocenters. The van der Waals surface area contributed by atoms with Crippen LogP contribution in [0.3, 0.4) is 0 Å². The van der Waals surface area contributed by atoms with E-state index in [0.29, 0.717) is 17.6 Å². The van der Waals surface area contributed by atoms with Gasteiger partial charge in [-0.3, -0.25) is 4.79 Å². The van der Waals surface area contributed by atoms with Crippen LogP contribution >= 0.6 is 0 Å². The summed E-state index contributed by atoms with van der Waals surface area (Å²) in [5.74, 6) is 0. The van der Waals surface area contributed by atoms with Gasteiger partial charge in [-0.25, -0.2) is 4.98 Å². The van der Waals surface area contributed by atoms with Crippen molar-refractivity contribution in [3.8, 4) is 33.5 Å². The zero-order chi connectivity index (χ0) is 22.1. The van der Waals surface area contributed by atoms with Crippen molar-refractivity contribution in [2.45, 2.75) is 6.54 Å². The van der Waals surface area contributed by atoms with E-state index in [9.17, 15) is 4.79 Å². The third-order valence-corrected chi connectivity index (χ3v) is 5.70. The fourth-order valence-electron chi connectivity index (χ4n) is 4.04. The van der Waals surface area contributed by atoms with Gasteiger partial charge in [0, 0.05) is 24.0 Å². The van der Waals surface area contributed by atoms with Crippen LogP contribution in [0.15, 0.2) is 95.9 Å². The summed E-state index contributed by atoms with van der Waals surface area (Å²) in [6.45, 7) is 0.488. The predicted octanol–water partition coefficient (Wildman–Crippen LogP) is 4.38. The number of nitrogen functional groups attached to an aromatic ring is 1. The third kappa shape index (κ3) is 3.55. The minimum Gasteiger partial charge on any atom is -0.399 e. The molecule has 156 valence electrons. The molecule has 0 fully saturated rings. The van der Waals surface area contributed by atoms with E-state index >= 15 is 0 Å². The zero-order valence-electron chi connectivity index (χ0n) is 17.4. The first kappa shape index (κ1) is 19.7. The number of nitrogens with one attached hydrogen (secondary N) is 2. The van der Waals surface area contributed by atoms with Gasteiger partial charge < -0.3 is 16.5 Å². The highest BCUT2D eigenvalue weighted by Crippen LogP contribution is 2.33. The topological polar surface area (TPSA) is 99.0 Å². The van der Waals surface area contributed by atoms with Crippen molar-refractivity contribution in [2.24, 2.45) is 5.73 Å². The summed E-state index contributed by atoms with van der Waals surface area (Å²) in [5, 5.41) is 0.589. The molecular formula is C27H23N4O+. The fourth-order valence-corrected chi connectivity index (χ4v) is 4.04. The van der Waals surface area contributed by atoms with E-state index in [0.717, 1.165) is 44.6 Å². The van der Waals surface area contributed by atoms with E-state index in [2.05, 4.69) is 22.1 Å². The number of aromatic nitrogens is 2. The molecule has 32 heavy (non-hydrogen) atoms. The number of hydrogen-bond donors (Lipinski definition) is 3. The molecular weight excluding hydrogens is 396 g/mol. The van der Waals surface area contributed by atoms with Crippen molar-refractivity contribution in [2.75, 3.05) is 5.73 Å². The molecule has 6 N–H and O–H groups in total. The molecule has 5 heteroatoms. The molecule has 0 saturated heterocycles. The van der Waals surface area contributed by atoms with E-state index in [-0.39, 0.29) is 5.56 Å². The van der Waals surface area contributed by atoms with Gasteiger partial charge in [0.15, 0.2) is 0 Å². The van der Waals surface area contributed by atoms with Gasteiger partial charge in [0.2, 0.25) is 11.2 Å². The summed E-state index contributed by atoms with van der Waals surface area (Å²) < 4.78 is 0. The Kier molecular flexibility index (Phi) is 5.01. The summed E-state index contributed by atoms with van der Waals surface area (Å²) in [4.78, 5) is 19.3. The Morgan fingerprint density at radius 1 is 0.781 bits per heavy atom. The molecule has 0 aliphatic heterocycles. The number of nitrogens with two attached hydrogens (primary N) is 2. The lowest BCUT2D eigenvalue weighted by molar-refractivity contribution is -0.329. The lowest BCUT2D eigenvalue weighted by Crippen LogP contribution is -2.17. The van der Waals surface area contributed by atoms with E-state index in [4.69, 9.17) is 11.5 Å². The standard InChI is InChI=1S/C27H22N4O/c28-15-17-9-11-19(12-10-17)25-22(18-5-2-1-3-6-18)14-23-26(31-25)24(16-30-27(23)32)20-7-4-8-21(29)13-20/h1-14,16H,15,28-29H2,(H,30,32)/p+1. The van der Waals surface area contributed by atoms with Crippen LogP contribution in [-0.2, 0) is 6.54 Å². The highest BCUT2D eigenvalue weighted by molar-refractivity contribution is 5.95. The van der Waals surface area contributed by atoms with Crippen molar-refractivity contribution < 1.29 is 4.98 Å². The SMILES string of the molecule is NCc1ccc(-c2[nH+]c3c(-c4cccc(N)c4)c[nH]c(=O)c3cc2-c2ccccc2)cc1. The van der Waals surface area contributed by atoms with Gasteiger partial charge in [0.05, 0.1) is 11.1 Å². The normalized spacial score (nSPS) is 11.0. The van der Waals surface area contributed by atoms with Crippen LogP contribution in [0.1, 0.15) is 5.56 Å². The van der Waals surface area contributed by atoms with E-state index < -0.39 is 0 Å². The maximum absolute atomic E-state index is 12.8. The Morgan fingerprint density at radius 2 is 1.53 bits per heavy atom. The Morgan fingerprint density at radius 3 is 2.25 bits per heavy atom. The Balaban J connectivity index is 1.84. The molecule has 5 nitrogen and oxygen atoms in total. The van der Waals surface area contributed by atoms with Crippen LogP contribution in [0.25, 0.3) is 44.4 Å². The quantitative estimate of drug-likeness (QED) is 0.377. The molecule has 0 unspecified atom stereocenters. The molecule has 0 spiro atoms. The first-order valence-electron chi connectivity index (χ1n) is 10.5. The highest BCUT2D eigenvalue weighted by atomic mass is 16.1. The molecule has 2 aromatic heterocycles. The van der Waals surface area contributed by atoms with Gasteiger partial charge in [-0.05, 0) is 47.0 Å². The van der Waals surface area contributed by atoms with Gasteiger partial charge in [0.1, 0.15) is 5.39 Å². The second kappa shape index (κ2) is 8.13. The average Bonchev–Trinajstić information content (AvgIpc) is 2.84. The Labute approximate surface area is 185 Å². The molecule has 0 saturated carbocycles. The van der Waals surface area contributed by atoms with Crippen molar-refractivity contribution in [3.63, 3.8) is 0 Å². The van der Waals surface area contributed by atoms with Crippen molar-refractivity contribution in [1.29, 1.82) is 0 Å². The van der Waals surface area contributed by atoms with Crippen LogP contribution in [0.2, 0.25) is 0 Å². The maximum atomic E-state index is 12.8. The number of pyridine rings is 2. The summed E-state index contributed by atoms with van der Waals surface area (Å²) >= 11 is 0. The molecule has 2 heterocycles. The highest BCUT2D eigenvalue weighted by Gasteiger charge is 2.21. The molecule has 3 aromatic carbocycles. The molecule has 0 radical (unpaired) electrons. The van der Waals surface area contributed by atoms with Gasteiger partial charge in [-0.1, -0.05) is 54.6 Å². The number of hydrogen-bond acceptors (Lipinski definition) is 3. The van der Waals surface area contributed by atoms with Crippen LogP contribution in [0.4, 0.5) is 5.69 Å². The third-order valence-electron chi connectivity index (χ3n) is 5.70. The Hall–Kier alpha value is -4.22. The minimum absolute atomic E-state index is 0.147. The van der Waals surface area contributed by atoms with E-state index in [1.54, 1.807) is 6.20 Å². The maximum Gasteiger partial charge on any atom is 0.262 e. The lowest BCUT2D eigenvalue weighted by Gasteiger charge is -2.09. The van der Waals surface area contributed by atoms with Crippen LogP contribution < -0.4 is 22.0 Å². The number of benzene rings is 3. The van der Waals surface area contributed by atoms with Crippen molar-refractivity contribution >= 4 is 16.6 Å². The Bertz CT molecular complexity index is 1470. The smallest absolute Gasteiger partial charge is 0.262 e. The summed E-state index contributed by atoms with van der Waals surface area (Å²) in [7, 11) is 0. The minimum atomic E-state index is -0.147. The number of fused-ring (bicyclic) bond motifs is 1. The van der Waals surface area contributed by atoms with E-state index in [1.165, 1.54) is 0 Å². The van der Waals surface area contributed by atoms with Crippen molar-refractivity contribution in [1.82, 2.24) is 4.98 Å². The monoisotopic (exact) mass is 419 g/mol. The van der Waals surface area contributed by atoms with Gasteiger partial charge in [-0.2, -0.15) is 0 Å². The van der Waals surface area contributed by atoms with Gasteiger partial charge in [-0.15, -0.1) is 0 Å². The lowest BCUT2D eigenvalue weighted by atomic mass is 9.95. The van der Waals surface area contributed by atoms with Gasteiger partial charge in [0.25, 0.3) is 5.56 Å². The molecule has 5 rings (SSSR count). The molecule has 0 amide bonds.